The van der Waals surface area contributed by atoms with Gasteiger partial charge in [-0.2, -0.15) is 15.8 Å². The van der Waals surface area contributed by atoms with Crippen LogP contribution in [0.1, 0.15) is 29.7 Å². The van der Waals surface area contributed by atoms with E-state index in [1.165, 1.54) is 0 Å². The number of nitrogens with two attached hydrogens (primary N) is 2. The van der Waals surface area contributed by atoms with Crippen molar-refractivity contribution in [1.29, 1.82) is 15.8 Å². The zero-order valence-corrected chi connectivity index (χ0v) is 19.7. The highest BCUT2D eigenvalue weighted by Gasteiger charge is 2.32. The van der Waals surface area contributed by atoms with Crippen LogP contribution in [-0.4, -0.2) is 24.2 Å². The number of fused-ring (bicyclic) bond motifs is 1. The molecule has 162 valence electrons. The third-order valence-corrected chi connectivity index (χ3v) is 6.53. The van der Waals surface area contributed by atoms with Crippen LogP contribution in [0.3, 0.4) is 0 Å². The summed E-state index contributed by atoms with van der Waals surface area (Å²) in [5, 5.41) is 32.8. The molecule has 6 N–H and O–H groups in total. The molecular weight excluding hydrogens is 546 g/mol. The molecule has 1 atom stereocenters. The quantitative estimate of drug-likeness (QED) is 0.312. The fourth-order valence-corrected chi connectivity index (χ4v) is 4.16. The Bertz CT molecular complexity index is 1240. The van der Waals surface area contributed by atoms with Gasteiger partial charge in [0.05, 0.1) is 16.8 Å². The van der Waals surface area contributed by atoms with Gasteiger partial charge in [-0.05, 0) is 44.8 Å². The second-order valence-electron chi connectivity index (χ2n) is 6.20. The molecule has 0 aliphatic carbocycles. The van der Waals surface area contributed by atoms with E-state index >= 15 is 0 Å². The number of hydrogen-bond donors (Lipinski definition) is 4. The monoisotopic (exact) mass is 559 g/mol. The standard InChI is InChI=1S/C19H15Br2N9O2/c1-2-31-10-5-8(12(20)13(21)16(10)32-4-3-22)15-11-14(25)9(6-23)17(26)29-18(11)30-19(28-15)27-7-24/h5,15H,2,4H2,1H3,(H6,25,26,27,28,29,30). The minimum atomic E-state index is -0.794. The molecule has 0 amide bonds. The molecule has 1 unspecified atom stereocenters. The van der Waals surface area contributed by atoms with Crippen molar-refractivity contribution in [3.8, 4) is 29.8 Å². The normalized spacial score (nSPS) is 14.0. The molecule has 0 saturated carbocycles. The summed E-state index contributed by atoms with van der Waals surface area (Å²) < 4.78 is 12.3. The molecule has 0 spiro atoms. The Morgan fingerprint density at radius 1 is 1.22 bits per heavy atom. The number of hydrogen-bond acceptors (Lipinski definition) is 11. The van der Waals surface area contributed by atoms with E-state index in [2.05, 4.69) is 52.5 Å². The first-order valence-corrected chi connectivity index (χ1v) is 10.6. The Labute approximate surface area is 199 Å². The van der Waals surface area contributed by atoms with E-state index in [4.69, 9.17) is 31.5 Å². The molecule has 0 bridgehead atoms. The lowest BCUT2D eigenvalue weighted by Gasteiger charge is -2.27. The Balaban J connectivity index is 2.30. The number of guanidine groups is 1. The van der Waals surface area contributed by atoms with Crippen LogP contribution in [0.25, 0.3) is 0 Å². The highest BCUT2D eigenvalue weighted by molar-refractivity contribution is 9.13. The second-order valence-corrected chi connectivity index (χ2v) is 7.79. The third kappa shape index (κ3) is 4.06. The number of nitrogen functional groups attached to an aromatic ring is 2. The zero-order valence-electron chi connectivity index (χ0n) is 16.5. The van der Waals surface area contributed by atoms with Crippen molar-refractivity contribution in [2.45, 2.75) is 13.0 Å². The number of pyridine rings is 1. The summed E-state index contributed by atoms with van der Waals surface area (Å²) in [6.07, 6.45) is 1.80. The second kappa shape index (κ2) is 9.60. The van der Waals surface area contributed by atoms with Crippen molar-refractivity contribution in [2.24, 2.45) is 4.99 Å². The Hall–Kier alpha value is -3.73. The summed E-state index contributed by atoms with van der Waals surface area (Å²) in [7, 11) is 0. The van der Waals surface area contributed by atoms with Crippen LogP contribution < -0.4 is 31.6 Å². The molecule has 1 aromatic carbocycles. The molecule has 0 saturated heterocycles. The summed E-state index contributed by atoms with van der Waals surface area (Å²) in [4.78, 5) is 8.78. The molecule has 1 aromatic heterocycles. The van der Waals surface area contributed by atoms with Crippen LogP contribution in [0.15, 0.2) is 20.0 Å². The van der Waals surface area contributed by atoms with E-state index in [0.29, 0.717) is 38.2 Å². The number of ether oxygens (including phenoxy) is 2. The first kappa shape index (κ1) is 22.9. The number of aliphatic imine (C=N–C) groups is 1. The molecule has 1 aliphatic heterocycles. The first-order chi connectivity index (χ1) is 15.4. The van der Waals surface area contributed by atoms with Crippen molar-refractivity contribution >= 4 is 55.1 Å². The van der Waals surface area contributed by atoms with Gasteiger partial charge in [0.25, 0.3) is 0 Å². The number of nitrogens with zero attached hydrogens (tertiary/aromatic N) is 5. The lowest BCUT2D eigenvalue weighted by Crippen LogP contribution is -2.33. The van der Waals surface area contributed by atoms with Crippen LogP contribution >= 0.6 is 31.9 Å². The summed E-state index contributed by atoms with van der Waals surface area (Å²) in [5.41, 5.74) is 13.3. The molecule has 32 heavy (non-hydrogen) atoms. The maximum Gasteiger partial charge on any atom is 0.211 e. The van der Waals surface area contributed by atoms with Crippen molar-refractivity contribution in [1.82, 2.24) is 10.3 Å². The third-order valence-electron chi connectivity index (χ3n) is 4.39. The summed E-state index contributed by atoms with van der Waals surface area (Å²) in [6, 6.07) is 4.76. The number of halogens is 2. The SMILES string of the molecule is CCOc1cc(C2N=C(NC#N)Nc3nc(N)c(C#N)c(N)c32)c(Br)c(Br)c1OCC#N. The summed E-state index contributed by atoms with van der Waals surface area (Å²) >= 11 is 7.02. The fraction of sp³-hybridized carbons (Fsp3) is 0.211. The predicted octanol–water partition coefficient (Wildman–Crippen LogP) is 2.89. The van der Waals surface area contributed by atoms with Crippen molar-refractivity contribution in [3.05, 3.63) is 31.7 Å². The number of nitriles is 3. The van der Waals surface area contributed by atoms with Crippen LogP contribution in [-0.2, 0) is 0 Å². The van der Waals surface area contributed by atoms with E-state index in [0.717, 1.165) is 0 Å². The topological polar surface area (TPSA) is 191 Å². The Morgan fingerprint density at radius 2 is 1.97 bits per heavy atom. The molecule has 0 radical (unpaired) electrons. The van der Waals surface area contributed by atoms with Crippen molar-refractivity contribution in [2.75, 3.05) is 30.0 Å². The molecule has 11 nitrogen and oxygen atoms in total. The van der Waals surface area contributed by atoms with E-state index in [-0.39, 0.29) is 35.5 Å². The minimum Gasteiger partial charge on any atom is -0.490 e. The number of aromatic nitrogens is 1. The van der Waals surface area contributed by atoms with Gasteiger partial charge in [0.15, 0.2) is 24.3 Å². The van der Waals surface area contributed by atoms with Gasteiger partial charge in [0.2, 0.25) is 5.96 Å². The summed E-state index contributed by atoms with van der Waals surface area (Å²) in [5.74, 6) is 1.01. The van der Waals surface area contributed by atoms with Gasteiger partial charge in [0.1, 0.15) is 35.4 Å². The lowest BCUT2D eigenvalue weighted by molar-refractivity contribution is 0.296. The lowest BCUT2D eigenvalue weighted by atomic mass is 9.95. The smallest absolute Gasteiger partial charge is 0.211 e. The van der Waals surface area contributed by atoms with Gasteiger partial charge >= 0.3 is 0 Å². The molecule has 1 aliphatic rings. The molecule has 13 heteroatoms. The highest BCUT2D eigenvalue weighted by Crippen LogP contribution is 2.49. The fourth-order valence-electron chi connectivity index (χ4n) is 3.11. The summed E-state index contributed by atoms with van der Waals surface area (Å²) in [6.45, 7) is 1.96. The molecule has 2 heterocycles. The van der Waals surface area contributed by atoms with Gasteiger partial charge in [-0.1, -0.05) is 0 Å². The van der Waals surface area contributed by atoms with E-state index in [1.807, 2.05) is 12.1 Å². The predicted molar refractivity (Wildman–Crippen MR) is 124 cm³/mol. The molecular formula is C19H15Br2N9O2. The number of rotatable bonds is 5. The minimum absolute atomic E-state index is 0.0247. The van der Waals surface area contributed by atoms with E-state index < -0.39 is 6.04 Å². The zero-order chi connectivity index (χ0) is 23.4. The van der Waals surface area contributed by atoms with Crippen LogP contribution in [0.5, 0.6) is 11.5 Å². The van der Waals surface area contributed by atoms with Gasteiger partial charge in [-0.3, -0.25) is 5.32 Å². The van der Waals surface area contributed by atoms with E-state index in [1.54, 1.807) is 19.2 Å². The molecule has 0 fully saturated rings. The first-order valence-electron chi connectivity index (χ1n) is 9.01. The highest BCUT2D eigenvalue weighted by atomic mass is 79.9. The number of anilines is 3. The number of benzene rings is 1. The van der Waals surface area contributed by atoms with Gasteiger partial charge in [-0.25, -0.2) is 9.98 Å². The van der Waals surface area contributed by atoms with Crippen LogP contribution in [0, 0.1) is 34.1 Å². The van der Waals surface area contributed by atoms with Crippen LogP contribution in [0.2, 0.25) is 0 Å². The van der Waals surface area contributed by atoms with Crippen molar-refractivity contribution < 1.29 is 9.47 Å². The molecule has 3 rings (SSSR count). The Kier molecular flexibility index (Phi) is 6.89. The van der Waals surface area contributed by atoms with E-state index in [9.17, 15) is 5.26 Å². The largest absolute Gasteiger partial charge is 0.490 e. The average Bonchev–Trinajstić information content (AvgIpc) is 2.76. The van der Waals surface area contributed by atoms with Gasteiger partial charge < -0.3 is 26.3 Å². The maximum absolute atomic E-state index is 9.48. The van der Waals surface area contributed by atoms with Crippen molar-refractivity contribution in [3.63, 3.8) is 0 Å². The average molecular weight is 561 g/mol. The van der Waals surface area contributed by atoms with Gasteiger partial charge in [0, 0.05) is 15.6 Å². The number of nitrogens with one attached hydrogen (secondary N) is 2. The van der Waals surface area contributed by atoms with Crippen LogP contribution in [0.4, 0.5) is 17.3 Å². The maximum atomic E-state index is 9.48. The van der Waals surface area contributed by atoms with Gasteiger partial charge in [-0.15, -0.1) is 0 Å². The molecule has 2 aromatic rings. The Morgan fingerprint density at radius 3 is 2.59 bits per heavy atom.